The molecule has 0 saturated heterocycles. The van der Waals surface area contributed by atoms with E-state index in [-0.39, 0.29) is 17.3 Å². The number of nitrogens with one attached hydrogen (secondary N) is 1. The number of carbonyl (C=O) groups excluding carboxylic acids is 1. The third-order valence-electron chi connectivity index (χ3n) is 3.22. The van der Waals surface area contributed by atoms with Gasteiger partial charge in [0.15, 0.2) is 0 Å². The summed E-state index contributed by atoms with van der Waals surface area (Å²) in [5.41, 5.74) is 7.25. The fourth-order valence-corrected chi connectivity index (χ4v) is 1.94. The standard InChI is InChI=1S/C16H19N3O2/c1-19(13-5-3-2-4-6-13)10-9-18-16(21)12-7-8-14(17)15(20)11-12/h2-8,11,20H,9-10,17H2,1H3,(H,18,21). The van der Waals surface area contributed by atoms with E-state index in [9.17, 15) is 9.90 Å². The van der Waals surface area contributed by atoms with E-state index in [0.29, 0.717) is 18.7 Å². The predicted octanol–water partition coefficient (Wildman–Crippen LogP) is 1.84. The number of likely N-dealkylation sites (N-methyl/N-ethyl adjacent to an activating group) is 1. The van der Waals surface area contributed by atoms with Crippen LogP contribution in [0.3, 0.4) is 0 Å². The van der Waals surface area contributed by atoms with E-state index in [1.807, 2.05) is 37.4 Å². The van der Waals surface area contributed by atoms with Gasteiger partial charge in [-0.25, -0.2) is 0 Å². The van der Waals surface area contributed by atoms with Gasteiger partial charge < -0.3 is 21.1 Å². The normalized spacial score (nSPS) is 10.1. The van der Waals surface area contributed by atoms with Crippen molar-refractivity contribution in [3.63, 3.8) is 0 Å². The largest absolute Gasteiger partial charge is 0.506 e. The number of anilines is 2. The first-order valence-corrected chi connectivity index (χ1v) is 6.71. The van der Waals surface area contributed by atoms with Crippen LogP contribution in [0.4, 0.5) is 11.4 Å². The van der Waals surface area contributed by atoms with Gasteiger partial charge >= 0.3 is 0 Å². The van der Waals surface area contributed by atoms with Crippen LogP contribution in [0.2, 0.25) is 0 Å². The monoisotopic (exact) mass is 285 g/mol. The molecule has 0 bridgehead atoms. The molecule has 0 unspecified atom stereocenters. The van der Waals surface area contributed by atoms with Gasteiger partial charge in [-0.2, -0.15) is 0 Å². The number of phenols is 1. The Balaban J connectivity index is 1.85. The second kappa shape index (κ2) is 6.65. The summed E-state index contributed by atoms with van der Waals surface area (Å²) >= 11 is 0. The molecule has 0 spiro atoms. The number of phenolic OH excluding ortho intramolecular Hbond substituents is 1. The maximum Gasteiger partial charge on any atom is 0.251 e. The number of para-hydroxylation sites is 1. The summed E-state index contributed by atoms with van der Waals surface area (Å²) < 4.78 is 0. The van der Waals surface area contributed by atoms with Crippen molar-refractivity contribution in [2.45, 2.75) is 0 Å². The molecular weight excluding hydrogens is 266 g/mol. The van der Waals surface area contributed by atoms with Crippen molar-refractivity contribution in [3.05, 3.63) is 54.1 Å². The summed E-state index contributed by atoms with van der Waals surface area (Å²) in [4.78, 5) is 14.0. The number of hydrogen-bond acceptors (Lipinski definition) is 4. The topological polar surface area (TPSA) is 78.6 Å². The number of aromatic hydroxyl groups is 1. The molecule has 4 N–H and O–H groups in total. The molecule has 0 atom stereocenters. The zero-order chi connectivity index (χ0) is 15.2. The quantitative estimate of drug-likeness (QED) is 0.578. The Morgan fingerprint density at radius 3 is 2.62 bits per heavy atom. The molecule has 110 valence electrons. The minimum Gasteiger partial charge on any atom is -0.506 e. The van der Waals surface area contributed by atoms with Crippen molar-refractivity contribution < 1.29 is 9.90 Å². The number of amides is 1. The Hall–Kier alpha value is -2.69. The summed E-state index contributed by atoms with van der Waals surface area (Å²) in [5, 5.41) is 12.3. The number of nitrogens with zero attached hydrogens (tertiary/aromatic N) is 1. The van der Waals surface area contributed by atoms with Gasteiger partial charge in [0.25, 0.3) is 5.91 Å². The lowest BCUT2D eigenvalue weighted by atomic mass is 10.2. The Labute approximate surface area is 124 Å². The fraction of sp³-hybridized carbons (Fsp3) is 0.188. The first-order chi connectivity index (χ1) is 10.1. The molecule has 0 aliphatic carbocycles. The second-order valence-corrected chi connectivity index (χ2v) is 4.79. The molecule has 0 saturated carbocycles. The Kier molecular flexibility index (Phi) is 4.66. The maximum atomic E-state index is 11.9. The van der Waals surface area contributed by atoms with Crippen molar-refractivity contribution in [3.8, 4) is 5.75 Å². The minimum atomic E-state index is -0.230. The van der Waals surface area contributed by atoms with E-state index in [0.717, 1.165) is 5.69 Å². The highest BCUT2D eigenvalue weighted by atomic mass is 16.3. The third-order valence-corrected chi connectivity index (χ3v) is 3.22. The minimum absolute atomic E-state index is 0.0796. The molecule has 0 aromatic heterocycles. The summed E-state index contributed by atoms with van der Waals surface area (Å²) in [5.74, 6) is -0.309. The van der Waals surface area contributed by atoms with E-state index >= 15 is 0 Å². The van der Waals surface area contributed by atoms with E-state index in [1.165, 1.54) is 12.1 Å². The number of hydrogen-bond donors (Lipinski definition) is 3. The van der Waals surface area contributed by atoms with Crippen molar-refractivity contribution in [2.24, 2.45) is 0 Å². The highest BCUT2D eigenvalue weighted by molar-refractivity contribution is 5.95. The van der Waals surface area contributed by atoms with Gasteiger partial charge in [0.2, 0.25) is 0 Å². The average Bonchev–Trinajstić information content (AvgIpc) is 2.50. The van der Waals surface area contributed by atoms with E-state index in [2.05, 4.69) is 10.2 Å². The molecule has 1 amide bonds. The first-order valence-electron chi connectivity index (χ1n) is 6.71. The van der Waals surface area contributed by atoms with Crippen molar-refractivity contribution in [2.75, 3.05) is 30.8 Å². The lowest BCUT2D eigenvalue weighted by Gasteiger charge is -2.19. The zero-order valence-electron chi connectivity index (χ0n) is 11.9. The van der Waals surface area contributed by atoms with Gasteiger partial charge in [0.1, 0.15) is 5.75 Å². The Morgan fingerprint density at radius 1 is 1.24 bits per heavy atom. The van der Waals surface area contributed by atoms with E-state index in [4.69, 9.17) is 5.73 Å². The SMILES string of the molecule is CN(CCNC(=O)c1ccc(N)c(O)c1)c1ccccc1. The third kappa shape index (κ3) is 3.89. The molecule has 2 aromatic carbocycles. The van der Waals surface area contributed by atoms with Crippen molar-refractivity contribution >= 4 is 17.3 Å². The molecule has 2 aromatic rings. The Bertz CT molecular complexity index is 614. The molecule has 5 heteroatoms. The maximum absolute atomic E-state index is 11.9. The lowest BCUT2D eigenvalue weighted by molar-refractivity contribution is 0.0954. The van der Waals surface area contributed by atoms with Crippen LogP contribution in [-0.4, -0.2) is 31.2 Å². The van der Waals surface area contributed by atoms with E-state index in [1.54, 1.807) is 6.07 Å². The van der Waals surface area contributed by atoms with Gasteiger partial charge in [-0.3, -0.25) is 4.79 Å². The van der Waals surface area contributed by atoms with Crippen LogP contribution in [-0.2, 0) is 0 Å². The zero-order valence-corrected chi connectivity index (χ0v) is 11.9. The fourth-order valence-electron chi connectivity index (χ4n) is 1.94. The molecule has 2 rings (SSSR count). The number of nitrogen functional groups attached to an aromatic ring is 1. The number of rotatable bonds is 5. The van der Waals surface area contributed by atoms with Crippen LogP contribution in [0.1, 0.15) is 10.4 Å². The molecule has 0 fully saturated rings. The average molecular weight is 285 g/mol. The highest BCUT2D eigenvalue weighted by Gasteiger charge is 2.08. The lowest BCUT2D eigenvalue weighted by Crippen LogP contribution is -2.32. The van der Waals surface area contributed by atoms with Crippen molar-refractivity contribution in [1.29, 1.82) is 0 Å². The molecule has 5 nitrogen and oxygen atoms in total. The molecule has 0 aliphatic heterocycles. The highest BCUT2D eigenvalue weighted by Crippen LogP contribution is 2.20. The van der Waals surface area contributed by atoms with Gasteiger partial charge in [0.05, 0.1) is 5.69 Å². The molecular formula is C16H19N3O2. The Morgan fingerprint density at radius 2 is 1.95 bits per heavy atom. The summed E-state index contributed by atoms with van der Waals surface area (Å²) in [6.45, 7) is 1.20. The molecule has 0 radical (unpaired) electrons. The van der Waals surface area contributed by atoms with Crippen molar-refractivity contribution in [1.82, 2.24) is 5.32 Å². The molecule has 0 heterocycles. The van der Waals surface area contributed by atoms with Crippen LogP contribution < -0.4 is 16.0 Å². The molecule has 0 aliphatic rings. The van der Waals surface area contributed by atoms with Gasteiger partial charge in [-0.05, 0) is 30.3 Å². The summed E-state index contributed by atoms with van der Waals surface area (Å²) in [6.07, 6.45) is 0. The van der Waals surface area contributed by atoms with Crippen LogP contribution in [0.25, 0.3) is 0 Å². The van der Waals surface area contributed by atoms with Crippen LogP contribution in [0.15, 0.2) is 48.5 Å². The summed E-state index contributed by atoms with van der Waals surface area (Å²) in [6, 6.07) is 14.4. The van der Waals surface area contributed by atoms with Gasteiger partial charge in [-0.15, -0.1) is 0 Å². The smallest absolute Gasteiger partial charge is 0.251 e. The first kappa shape index (κ1) is 14.7. The number of benzene rings is 2. The predicted molar refractivity (Wildman–Crippen MR) is 84.6 cm³/mol. The number of carbonyl (C=O) groups is 1. The van der Waals surface area contributed by atoms with Crippen LogP contribution in [0, 0.1) is 0 Å². The van der Waals surface area contributed by atoms with E-state index < -0.39 is 0 Å². The van der Waals surface area contributed by atoms with Gasteiger partial charge in [0, 0.05) is 31.4 Å². The molecule has 21 heavy (non-hydrogen) atoms. The van der Waals surface area contributed by atoms with Crippen LogP contribution in [0.5, 0.6) is 5.75 Å². The summed E-state index contributed by atoms with van der Waals surface area (Å²) in [7, 11) is 1.97. The number of nitrogens with two attached hydrogens (primary N) is 1. The van der Waals surface area contributed by atoms with Crippen LogP contribution >= 0.6 is 0 Å². The van der Waals surface area contributed by atoms with Gasteiger partial charge in [-0.1, -0.05) is 18.2 Å². The second-order valence-electron chi connectivity index (χ2n) is 4.79.